The minimum atomic E-state index is -0.419. The fourth-order valence-corrected chi connectivity index (χ4v) is 2.61. The highest BCUT2D eigenvalue weighted by atomic mass is 16.5. The van der Waals surface area contributed by atoms with Crippen LogP contribution < -0.4 is 5.32 Å². The SMILES string of the molecule is Cc1cccc(-c2noc([C@H](C)NC(=O)c3nn(C(C)C)cc3C)n2)c1. The first kappa shape index (κ1) is 17.8. The van der Waals surface area contributed by atoms with Gasteiger partial charge in [0.05, 0.1) is 0 Å². The average Bonchev–Trinajstić information content (AvgIpc) is 3.21. The molecule has 26 heavy (non-hydrogen) atoms. The molecule has 0 aliphatic carbocycles. The number of rotatable bonds is 5. The minimum absolute atomic E-state index is 0.195. The Labute approximate surface area is 152 Å². The summed E-state index contributed by atoms with van der Waals surface area (Å²) >= 11 is 0. The van der Waals surface area contributed by atoms with Gasteiger partial charge in [-0.25, -0.2) is 0 Å². The number of aromatic nitrogens is 4. The van der Waals surface area contributed by atoms with E-state index in [0.29, 0.717) is 17.4 Å². The smallest absolute Gasteiger partial charge is 0.272 e. The molecule has 0 aliphatic heterocycles. The molecule has 136 valence electrons. The maximum atomic E-state index is 12.5. The molecule has 1 N–H and O–H groups in total. The van der Waals surface area contributed by atoms with Gasteiger partial charge in [-0.1, -0.05) is 28.9 Å². The number of nitrogens with one attached hydrogen (secondary N) is 1. The van der Waals surface area contributed by atoms with E-state index in [1.807, 2.05) is 58.2 Å². The molecule has 0 saturated carbocycles. The van der Waals surface area contributed by atoms with Crippen LogP contribution in [0.4, 0.5) is 0 Å². The molecule has 1 amide bonds. The first-order chi connectivity index (χ1) is 12.3. The molecule has 1 atom stereocenters. The van der Waals surface area contributed by atoms with Gasteiger partial charge in [-0.05, 0) is 40.7 Å². The molecule has 0 spiro atoms. The number of hydrogen-bond donors (Lipinski definition) is 1. The van der Waals surface area contributed by atoms with Gasteiger partial charge >= 0.3 is 0 Å². The summed E-state index contributed by atoms with van der Waals surface area (Å²) in [4.78, 5) is 16.9. The Morgan fingerprint density at radius 1 is 1.23 bits per heavy atom. The predicted molar refractivity (Wildman–Crippen MR) is 97.7 cm³/mol. The van der Waals surface area contributed by atoms with Crippen molar-refractivity contribution >= 4 is 5.91 Å². The zero-order valence-electron chi connectivity index (χ0n) is 15.6. The third kappa shape index (κ3) is 3.66. The molecule has 7 heteroatoms. The third-order valence-electron chi connectivity index (χ3n) is 4.10. The Morgan fingerprint density at radius 2 is 2.00 bits per heavy atom. The van der Waals surface area contributed by atoms with Crippen molar-refractivity contribution in [2.75, 3.05) is 0 Å². The second kappa shape index (κ2) is 7.11. The maximum absolute atomic E-state index is 12.5. The molecule has 0 fully saturated rings. The Kier molecular flexibility index (Phi) is 4.88. The summed E-state index contributed by atoms with van der Waals surface area (Å²) in [6.07, 6.45) is 1.87. The molecule has 1 aromatic carbocycles. The van der Waals surface area contributed by atoms with Crippen molar-refractivity contribution in [3.8, 4) is 11.4 Å². The van der Waals surface area contributed by atoms with Crippen LogP contribution in [0, 0.1) is 13.8 Å². The van der Waals surface area contributed by atoms with Crippen molar-refractivity contribution in [1.29, 1.82) is 0 Å². The Hall–Kier alpha value is -2.96. The number of nitrogens with zero attached hydrogens (tertiary/aromatic N) is 4. The third-order valence-corrected chi connectivity index (χ3v) is 4.10. The molecule has 0 unspecified atom stereocenters. The van der Waals surface area contributed by atoms with Crippen LogP contribution in [0.5, 0.6) is 0 Å². The van der Waals surface area contributed by atoms with E-state index in [0.717, 1.165) is 16.7 Å². The van der Waals surface area contributed by atoms with Gasteiger partial charge in [0.15, 0.2) is 5.69 Å². The van der Waals surface area contributed by atoms with Crippen LogP contribution in [0.25, 0.3) is 11.4 Å². The van der Waals surface area contributed by atoms with Crippen molar-refractivity contribution in [3.63, 3.8) is 0 Å². The lowest BCUT2D eigenvalue weighted by Gasteiger charge is -2.08. The number of hydrogen-bond acceptors (Lipinski definition) is 5. The number of benzene rings is 1. The molecule has 7 nitrogen and oxygen atoms in total. The highest BCUT2D eigenvalue weighted by Crippen LogP contribution is 2.20. The van der Waals surface area contributed by atoms with E-state index in [9.17, 15) is 4.79 Å². The molecule has 0 bridgehead atoms. The number of aryl methyl sites for hydroxylation is 2. The van der Waals surface area contributed by atoms with Gasteiger partial charge in [-0.3, -0.25) is 9.48 Å². The van der Waals surface area contributed by atoms with Gasteiger partial charge < -0.3 is 9.84 Å². The molecule has 3 aromatic rings. The standard InChI is InChI=1S/C19H23N5O2/c1-11(2)24-10-13(4)16(22-24)18(25)20-14(5)19-21-17(23-26-19)15-8-6-7-12(3)9-15/h6-11,14H,1-5H3,(H,20,25)/t14-/m0/s1. The minimum Gasteiger partial charge on any atom is -0.339 e. The predicted octanol–water partition coefficient (Wildman–Crippen LogP) is 3.62. The molecule has 0 aliphatic rings. The fourth-order valence-electron chi connectivity index (χ4n) is 2.61. The van der Waals surface area contributed by atoms with E-state index < -0.39 is 6.04 Å². The quantitative estimate of drug-likeness (QED) is 0.757. The topological polar surface area (TPSA) is 85.8 Å². The zero-order valence-corrected chi connectivity index (χ0v) is 15.6. The van der Waals surface area contributed by atoms with Crippen molar-refractivity contribution in [1.82, 2.24) is 25.2 Å². The molecular formula is C19H23N5O2. The number of amides is 1. The van der Waals surface area contributed by atoms with E-state index >= 15 is 0 Å². The van der Waals surface area contributed by atoms with Gasteiger partial charge in [-0.2, -0.15) is 10.1 Å². The van der Waals surface area contributed by atoms with Crippen LogP contribution in [-0.4, -0.2) is 25.8 Å². The highest BCUT2D eigenvalue weighted by Gasteiger charge is 2.21. The number of carbonyl (C=O) groups is 1. The molecule has 0 radical (unpaired) electrons. The van der Waals surface area contributed by atoms with E-state index in [-0.39, 0.29) is 11.9 Å². The Bertz CT molecular complexity index is 926. The fraction of sp³-hybridized carbons (Fsp3) is 0.368. The molecule has 2 heterocycles. The summed E-state index contributed by atoms with van der Waals surface area (Å²) in [6, 6.07) is 7.64. The molecule has 2 aromatic heterocycles. The monoisotopic (exact) mass is 353 g/mol. The summed E-state index contributed by atoms with van der Waals surface area (Å²) in [6.45, 7) is 9.71. The highest BCUT2D eigenvalue weighted by molar-refractivity contribution is 5.93. The zero-order chi connectivity index (χ0) is 18.8. The van der Waals surface area contributed by atoms with Crippen molar-refractivity contribution in [2.45, 2.75) is 46.7 Å². The van der Waals surface area contributed by atoms with Gasteiger partial charge in [0.1, 0.15) is 6.04 Å². The normalized spacial score (nSPS) is 12.4. The lowest BCUT2D eigenvalue weighted by Crippen LogP contribution is -2.28. The molecule has 0 saturated heterocycles. The molecule has 3 rings (SSSR count). The number of carbonyl (C=O) groups excluding carboxylic acids is 1. The van der Waals surface area contributed by atoms with Crippen molar-refractivity contribution < 1.29 is 9.32 Å². The van der Waals surface area contributed by atoms with Crippen LogP contribution in [0.1, 0.15) is 60.4 Å². The summed E-state index contributed by atoms with van der Waals surface area (Å²) in [5.74, 6) is 0.602. The maximum Gasteiger partial charge on any atom is 0.272 e. The summed E-state index contributed by atoms with van der Waals surface area (Å²) in [7, 11) is 0. The average molecular weight is 353 g/mol. The summed E-state index contributed by atoms with van der Waals surface area (Å²) < 4.78 is 7.10. The molecular weight excluding hydrogens is 330 g/mol. The van der Waals surface area contributed by atoms with Crippen molar-refractivity contribution in [3.05, 3.63) is 53.2 Å². The second-order valence-electron chi connectivity index (χ2n) is 6.76. The van der Waals surface area contributed by atoms with Crippen LogP contribution in [-0.2, 0) is 0 Å². The Morgan fingerprint density at radius 3 is 2.65 bits per heavy atom. The van der Waals surface area contributed by atoms with E-state index in [4.69, 9.17) is 4.52 Å². The Balaban J connectivity index is 1.74. The first-order valence-corrected chi connectivity index (χ1v) is 8.62. The largest absolute Gasteiger partial charge is 0.339 e. The van der Waals surface area contributed by atoms with E-state index in [1.165, 1.54) is 0 Å². The van der Waals surface area contributed by atoms with Gasteiger partial charge in [0.25, 0.3) is 5.91 Å². The lowest BCUT2D eigenvalue weighted by molar-refractivity contribution is 0.0926. The van der Waals surface area contributed by atoms with Crippen LogP contribution >= 0.6 is 0 Å². The van der Waals surface area contributed by atoms with Crippen molar-refractivity contribution in [2.24, 2.45) is 0 Å². The van der Waals surface area contributed by atoms with E-state index in [1.54, 1.807) is 11.6 Å². The van der Waals surface area contributed by atoms with Crippen LogP contribution in [0.15, 0.2) is 35.0 Å². The summed E-state index contributed by atoms with van der Waals surface area (Å²) in [5.41, 5.74) is 3.23. The lowest BCUT2D eigenvalue weighted by atomic mass is 10.1. The van der Waals surface area contributed by atoms with Gasteiger partial charge in [-0.15, -0.1) is 0 Å². The van der Waals surface area contributed by atoms with Crippen LogP contribution in [0.3, 0.4) is 0 Å². The summed E-state index contributed by atoms with van der Waals surface area (Å²) in [5, 5.41) is 11.2. The van der Waals surface area contributed by atoms with E-state index in [2.05, 4.69) is 20.6 Å². The second-order valence-corrected chi connectivity index (χ2v) is 6.76. The van der Waals surface area contributed by atoms with Crippen LogP contribution in [0.2, 0.25) is 0 Å². The van der Waals surface area contributed by atoms with Gasteiger partial charge in [0.2, 0.25) is 11.7 Å². The first-order valence-electron chi connectivity index (χ1n) is 8.62. The van der Waals surface area contributed by atoms with Gasteiger partial charge in [0, 0.05) is 23.4 Å².